The number of rotatable bonds is 3. The highest BCUT2D eigenvalue weighted by atomic mass is 32.2. The molecule has 0 N–H and O–H groups in total. The first-order valence-electron chi connectivity index (χ1n) is 3.30. The summed E-state index contributed by atoms with van der Waals surface area (Å²) in [5.41, 5.74) is 1.25. The molecule has 1 atom stereocenters. The molecule has 0 heterocycles. The van der Waals surface area contributed by atoms with E-state index in [0.717, 1.165) is 11.2 Å². The average molecular weight is 130 g/mol. The third-order valence-corrected chi connectivity index (χ3v) is 2.77. The third kappa shape index (κ3) is 3.42. The van der Waals surface area contributed by atoms with Gasteiger partial charge in [0.05, 0.1) is 0 Å². The zero-order valence-corrected chi connectivity index (χ0v) is 7.09. The Morgan fingerprint density at radius 3 is 2.00 bits per heavy atom. The second kappa shape index (κ2) is 4.31. The summed E-state index contributed by atoms with van der Waals surface area (Å²) >= 11 is 2.04. The molecule has 0 aliphatic heterocycles. The van der Waals surface area contributed by atoms with Crippen molar-refractivity contribution in [2.24, 2.45) is 5.92 Å². The lowest BCUT2D eigenvalue weighted by Crippen LogP contribution is -2.05. The minimum absolute atomic E-state index is 0.833. The summed E-state index contributed by atoms with van der Waals surface area (Å²) in [6.45, 7) is 6.83. The molecule has 0 aromatic carbocycles. The van der Waals surface area contributed by atoms with E-state index in [2.05, 4.69) is 28.6 Å². The molecule has 8 heavy (non-hydrogen) atoms. The molecule has 0 aliphatic rings. The van der Waals surface area contributed by atoms with Crippen LogP contribution >= 0.6 is 11.8 Å². The molecule has 0 radical (unpaired) electrons. The topological polar surface area (TPSA) is 0 Å². The monoisotopic (exact) mass is 130 g/mol. The summed E-state index contributed by atoms with van der Waals surface area (Å²) < 4.78 is 0. The van der Waals surface area contributed by atoms with E-state index in [1.165, 1.54) is 5.65 Å². The van der Waals surface area contributed by atoms with E-state index in [1.54, 1.807) is 0 Å². The SMILES string of the molecule is BCSC(C)C(C)C. The van der Waals surface area contributed by atoms with Crippen LogP contribution in [0.15, 0.2) is 0 Å². The third-order valence-electron chi connectivity index (χ3n) is 1.37. The molecule has 0 saturated heterocycles. The number of hydrogen-bond acceptors (Lipinski definition) is 1. The fourth-order valence-electron chi connectivity index (χ4n) is 0.455. The molecule has 0 aliphatic carbocycles. The van der Waals surface area contributed by atoms with Gasteiger partial charge in [-0.2, -0.15) is 11.8 Å². The molecule has 0 nitrogen and oxygen atoms in total. The van der Waals surface area contributed by atoms with E-state index in [4.69, 9.17) is 0 Å². The molecule has 0 bridgehead atoms. The molecule has 48 valence electrons. The van der Waals surface area contributed by atoms with Gasteiger partial charge in [0.2, 0.25) is 0 Å². The highest BCUT2D eigenvalue weighted by Gasteiger charge is 2.03. The normalized spacial score (nSPS) is 14.5. The maximum atomic E-state index is 2.29. The van der Waals surface area contributed by atoms with Crippen LogP contribution in [0.4, 0.5) is 0 Å². The molecule has 0 fully saturated rings. The summed E-state index contributed by atoms with van der Waals surface area (Å²) in [5.74, 6) is 0.833. The Labute approximate surface area is 57.8 Å². The predicted molar refractivity (Wildman–Crippen MR) is 45.3 cm³/mol. The molecular formula is C6H15BS. The van der Waals surface area contributed by atoms with Crippen molar-refractivity contribution in [3.05, 3.63) is 0 Å². The highest BCUT2D eigenvalue weighted by molar-refractivity contribution is 8.00. The molecule has 2 heteroatoms. The summed E-state index contributed by atoms with van der Waals surface area (Å²) in [4.78, 5) is 0. The van der Waals surface area contributed by atoms with Gasteiger partial charge in [0, 0.05) is 5.25 Å². The van der Waals surface area contributed by atoms with Gasteiger partial charge in [0.15, 0.2) is 0 Å². The van der Waals surface area contributed by atoms with E-state index >= 15 is 0 Å². The van der Waals surface area contributed by atoms with Crippen molar-refractivity contribution < 1.29 is 0 Å². The maximum absolute atomic E-state index is 2.29. The molecular weight excluding hydrogens is 115 g/mol. The second-order valence-corrected chi connectivity index (χ2v) is 4.06. The van der Waals surface area contributed by atoms with Crippen LogP contribution in [0.25, 0.3) is 0 Å². The minimum atomic E-state index is 0.833. The highest BCUT2D eigenvalue weighted by Crippen LogP contribution is 2.16. The first-order chi connectivity index (χ1) is 3.68. The Hall–Kier alpha value is 0.415. The van der Waals surface area contributed by atoms with Crippen molar-refractivity contribution in [2.75, 3.05) is 5.65 Å². The van der Waals surface area contributed by atoms with Crippen molar-refractivity contribution in [2.45, 2.75) is 26.0 Å². The Balaban J connectivity index is 3.17. The van der Waals surface area contributed by atoms with Crippen molar-refractivity contribution in [3.63, 3.8) is 0 Å². The van der Waals surface area contributed by atoms with Crippen LogP contribution in [-0.2, 0) is 0 Å². The van der Waals surface area contributed by atoms with Crippen LogP contribution in [-0.4, -0.2) is 18.7 Å². The van der Waals surface area contributed by atoms with Gasteiger partial charge in [-0.05, 0) is 11.6 Å². The molecule has 0 saturated carbocycles. The van der Waals surface area contributed by atoms with E-state index in [0.29, 0.717) is 0 Å². The molecule has 0 amide bonds. The first-order valence-corrected chi connectivity index (χ1v) is 4.35. The fourth-order valence-corrected chi connectivity index (χ4v) is 1.37. The lowest BCUT2D eigenvalue weighted by atomic mass is 10.2. The second-order valence-electron chi connectivity index (χ2n) is 2.40. The van der Waals surface area contributed by atoms with Gasteiger partial charge < -0.3 is 0 Å². The summed E-state index contributed by atoms with van der Waals surface area (Å²) in [6, 6.07) is 0. The average Bonchev–Trinajstić information content (AvgIpc) is 1.67. The molecule has 0 rings (SSSR count). The number of hydrogen-bond donors (Lipinski definition) is 0. The zero-order valence-electron chi connectivity index (χ0n) is 6.27. The summed E-state index contributed by atoms with van der Waals surface area (Å²) in [7, 11) is 2.21. The van der Waals surface area contributed by atoms with E-state index in [-0.39, 0.29) is 0 Å². The predicted octanol–water partition coefficient (Wildman–Crippen LogP) is 1.35. The van der Waals surface area contributed by atoms with Crippen LogP contribution in [0.2, 0.25) is 0 Å². The van der Waals surface area contributed by atoms with Gasteiger partial charge in [-0.25, -0.2) is 0 Å². The van der Waals surface area contributed by atoms with Gasteiger partial charge in [-0.1, -0.05) is 20.8 Å². The molecule has 1 unspecified atom stereocenters. The van der Waals surface area contributed by atoms with Crippen LogP contribution in [0.5, 0.6) is 0 Å². The molecule has 0 aromatic rings. The van der Waals surface area contributed by atoms with Crippen LogP contribution < -0.4 is 0 Å². The number of thioether (sulfide) groups is 1. The van der Waals surface area contributed by atoms with Crippen molar-refractivity contribution in [1.82, 2.24) is 0 Å². The quantitative estimate of drug-likeness (QED) is 0.519. The van der Waals surface area contributed by atoms with Crippen LogP contribution in [0, 0.1) is 5.92 Å². The van der Waals surface area contributed by atoms with E-state index in [1.807, 2.05) is 11.8 Å². The minimum Gasteiger partial charge on any atom is -0.167 e. The molecule has 0 spiro atoms. The Morgan fingerprint density at radius 1 is 1.38 bits per heavy atom. The van der Waals surface area contributed by atoms with Crippen molar-refractivity contribution in [3.8, 4) is 0 Å². The largest absolute Gasteiger partial charge is 0.167 e. The fraction of sp³-hybridized carbons (Fsp3) is 1.00. The Kier molecular flexibility index (Phi) is 4.53. The van der Waals surface area contributed by atoms with Gasteiger partial charge in [-0.3, -0.25) is 0 Å². The Morgan fingerprint density at radius 2 is 1.88 bits per heavy atom. The summed E-state index contributed by atoms with van der Waals surface area (Å²) in [6.07, 6.45) is 0. The van der Waals surface area contributed by atoms with E-state index in [9.17, 15) is 0 Å². The van der Waals surface area contributed by atoms with Gasteiger partial charge in [-0.15, -0.1) is 0 Å². The zero-order chi connectivity index (χ0) is 6.57. The lowest BCUT2D eigenvalue weighted by Gasteiger charge is -2.12. The van der Waals surface area contributed by atoms with Crippen LogP contribution in [0.1, 0.15) is 20.8 Å². The van der Waals surface area contributed by atoms with Crippen molar-refractivity contribution in [1.29, 1.82) is 0 Å². The lowest BCUT2D eigenvalue weighted by molar-refractivity contribution is 0.643. The first kappa shape index (κ1) is 8.41. The van der Waals surface area contributed by atoms with Gasteiger partial charge >= 0.3 is 0 Å². The standard InChI is InChI=1S/C6H15BS/c1-5(2)6(3)8-4-7/h5-6H,4,7H2,1-3H3. The van der Waals surface area contributed by atoms with Gasteiger partial charge in [0.25, 0.3) is 0 Å². The maximum Gasteiger partial charge on any atom is 0.114 e. The van der Waals surface area contributed by atoms with Crippen molar-refractivity contribution >= 4 is 19.6 Å². The van der Waals surface area contributed by atoms with Crippen LogP contribution in [0.3, 0.4) is 0 Å². The van der Waals surface area contributed by atoms with Gasteiger partial charge in [0.1, 0.15) is 7.85 Å². The smallest absolute Gasteiger partial charge is 0.114 e. The van der Waals surface area contributed by atoms with E-state index < -0.39 is 0 Å². The summed E-state index contributed by atoms with van der Waals surface area (Å²) in [5, 5.41) is 0.833. The Bertz CT molecular complexity index is 54.5. The molecule has 0 aromatic heterocycles.